The van der Waals surface area contributed by atoms with E-state index < -0.39 is 24.1 Å². The lowest BCUT2D eigenvalue weighted by Gasteiger charge is -2.18. The molecule has 180 valence electrons. The zero-order valence-electron chi connectivity index (χ0n) is 20.2. The quantitative estimate of drug-likeness (QED) is 0.566. The molecule has 2 N–H and O–H groups in total. The van der Waals surface area contributed by atoms with Gasteiger partial charge in [0.25, 0.3) is 5.91 Å². The van der Waals surface area contributed by atoms with Crippen LogP contribution in [0.15, 0.2) is 48.2 Å². The van der Waals surface area contributed by atoms with Crippen molar-refractivity contribution in [3.8, 4) is 0 Å². The first kappa shape index (κ1) is 25.2. The molecule has 2 aromatic heterocycles. The minimum absolute atomic E-state index is 0.225. The molecule has 34 heavy (non-hydrogen) atoms. The topological polar surface area (TPSA) is 95.4 Å². The van der Waals surface area contributed by atoms with Gasteiger partial charge in [0.2, 0.25) is 5.91 Å². The van der Waals surface area contributed by atoms with E-state index in [0.29, 0.717) is 28.5 Å². The second-order valence-electron chi connectivity index (χ2n) is 8.72. The number of aliphatic hydroxyl groups is 1. The predicted molar refractivity (Wildman–Crippen MR) is 132 cm³/mol. The van der Waals surface area contributed by atoms with Crippen LogP contribution in [-0.2, 0) is 4.79 Å². The minimum Gasteiger partial charge on any atom is -0.388 e. The second kappa shape index (κ2) is 10.3. The maximum atomic E-state index is 13.2. The van der Waals surface area contributed by atoms with Gasteiger partial charge < -0.3 is 15.3 Å². The molecule has 2 heterocycles. The Morgan fingerprint density at radius 3 is 2.62 bits per heavy atom. The van der Waals surface area contributed by atoms with Crippen LogP contribution < -0.4 is 5.32 Å². The molecule has 0 aromatic carbocycles. The van der Waals surface area contributed by atoms with E-state index in [9.17, 15) is 19.1 Å². The molecule has 8 heteroatoms. The lowest BCUT2D eigenvalue weighted by molar-refractivity contribution is -0.117. The first-order chi connectivity index (χ1) is 16.1. The van der Waals surface area contributed by atoms with Crippen LogP contribution in [-0.4, -0.2) is 58.2 Å². The van der Waals surface area contributed by atoms with E-state index >= 15 is 0 Å². The average Bonchev–Trinajstić information content (AvgIpc) is 3.54. The van der Waals surface area contributed by atoms with E-state index in [1.165, 1.54) is 4.90 Å². The van der Waals surface area contributed by atoms with Crippen molar-refractivity contribution in [1.82, 2.24) is 14.9 Å². The standard InChI is InChI=1S/C26H31FN4O3/c1-7-17(14(3)9-15(4)22(32)8-2)18-10-16-13-28-23(30-25(33)19-11-20(19)27)12-21(16)29-24(18)26(34)31(5)6/h7,9-10,12-13,19-20,22,32H,4,8,11H2,1-3,5-6H3,(H,28,30,33)/b14-9-,17-7+. The summed E-state index contributed by atoms with van der Waals surface area (Å²) in [6.07, 6.45) is 4.29. The lowest BCUT2D eigenvalue weighted by atomic mass is 9.93. The monoisotopic (exact) mass is 466 g/mol. The number of halogens is 1. The van der Waals surface area contributed by atoms with E-state index in [1.54, 1.807) is 26.4 Å². The van der Waals surface area contributed by atoms with Gasteiger partial charge in [-0.3, -0.25) is 9.59 Å². The average molecular weight is 467 g/mol. The Bertz CT molecular complexity index is 1200. The van der Waals surface area contributed by atoms with Gasteiger partial charge >= 0.3 is 0 Å². The summed E-state index contributed by atoms with van der Waals surface area (Å²) in [7, 11) is 3.30. The number of aromatic nitrogens is 2. The number of carbonyl (C=O) groups is 2. The predicted octanol–water partition coefficient (Wildman–Crippen LogP) is 4.30. The van der Waals surface area contributed by atoms with Gasteiger partial charge in [0, 0.05) is 37.3 Å². The van der Waals surface area contributed by atoms with Crippen molar-refractivity contribution in [3.63, 3.8) is 0 Å². The molecular formula is C26H31FN4O3. The summed E-state index contributed by atoms with van der Waals surface area (Å²) in [5.74, 6) is -1.07. The van der Waals surface area contributed by atoms with Crippen LogP contribution in [0.5, 0.6) is 0 Å². The molecule has 2 aromatic rings. The Morgan fingerprint density at radius 2 is 2.06 bits per heavy atom. The number of amides is 2. The van der Waals surface area contributed by atoms with Gasteiger partial charge in [-0.25, -0.2) is 14.4 Å². The number of allylic oxidation sites excluding steroid dienone is 3. The fraction of sp³-hybridized carbons (Fsp3) is 0.385. The molecule has 1 aliphatic carbocycles. The highest BCUT2D eigenvalue weighted by Gasteiger charge is 2.43. The number of hydrogen-bond acceptors (Lipinski definition) is 5. The Kier molecular flexibility index (Phi) is 7.61. The number of nitrogens with zero attached hydrogens (tertiary/aromatic N) is 3. The van der Waals surface area contributed by atoms with Crippen molar-refractivity contribution < 1.29 is 19.1 Å². The zero-order chi connectivity index (χ0) is 25.2. The molecule has 3 atom stereocenters. The van der Waals surface area contributed by atoms with Crippen LogP contribution in [0.2, 0.25) is 0 Å². The van der Waals surface area contributed by atoms with Crippen LogP contribution in [0, 0.1) is 5.92 Å². The van der Waals surface area contributed by atoms with E-state index in [-0.39, 0.29) is 23.8 Å². The highest BCUT2D eigenvalue weighted by molar-refractivity contribution is 6.02. The number of hydrogen-bond donors (Lipinski definition) is 2. The van der Waals surface area contributed by atoms with Crippen molar-refractivity contribution >= 4 is 34.1 Å². The molecule has 3 rings (SSSR count). The summed E-state index contributed by atoms with van der Waals surface area (Å²) in [6.45, 7) is 9.59. The minimum atomic E-state index is -1.10. The van der Waals surface area contributed by atoms with Crippen molar-refractivity contribution in [1.29, 1.82) is 0 Å². The van der Waals surface area contributed by atoms with Crippen LogP contribution >= 0.6 is 0 Å². The number of aliphatic hydroxyl groups excluding tert-OH is 1. The molecule has 0 bridgehead atoms. The fourth-order valence-corrected chi connectivity index (χ4v) is 3.68. The first-order valence-corrected chi connectivity index (χ1v) is 11.3. The maximum absolute atomic E-state index is 13.2. The molecule has 0 spiro atoms. The summed E-state index contributed by atoms with van der Waals surface area (Å²) in [4.78, 5) is 35.5. The van der Waals surface area contributed by atoms with Gasteiger partial charge in [-0.15, -0.1) is 0 Å². The number of nitrogens with one attached hydrogen (secondary N) is 1. The number of pyridine rings is 2. The third-order valence-corrected chi connectivity index (χ3v) is 5.83. The molecular weight excluding hydrogens is 435 g/mol. The third kappa shape index (κ3) is 5.39. The molecule has 7 nitrogen and oxygen atoms in total. The molecule has 1 saturated carbocycles. The first-order valence-electron chi connectivity index (χ1n) is 11.3. The number of carbonyl (C=O) groups excluding carboxylic acids is 2. The largest absolute Gasteiger partial charge is 0.388 e. The summed E-state index contributed by atoms with van der Waals surface area (Å²) in [6, 6.07) is 3.42. The normalized spacial score (nSPS) is 19.0. The Balaban J connectivity index is 2.07. The van der Waals surface area contributed by atoms with Gasteiger partial charge in [0.15, 0.2) is 0 Å². The van der Waals surface area contributed by atoms with Crippen molar-refractivity contribution in [2.75, 3.05) is 19.4 Å². The summed E-state index contributed by atoms with van der Waals surface area (Å²) >= 11 is 0. The van der Waals surface area contributed by atoms with Crippen molar-refractivity contribution in [3.05, 3.63) is 59.5 Å². The molecule has 0 aliphatic heterocycles. The Hall–Kier alpha value is -3.39. The number of anilines is 1. The highest BCUT2D eigenvalue weighted by atomic mass is 19.1. The van der Waals surface area contributed by atoms with E-state index in [4.69, 9.17) is 0 Å². The zero-order valence-corrected chi connectivity index (χ0v) is 20.2. The summed E-state index contributed by atoms with van der Waals surface area (Å²) in [5, 5.41) is 13.4. The van der Waals surface area contributed by atoms with Crippen molar-refractivity contribution in [2.45, 2.75) is 45.9 Å². The van der Waals surface area contributed by atoms with Gasteiger partial charge in [-0.2, -0.15) is 0 Å². The second-order valence-corrected chi connectivity index (χ2v) is 8.72. The summed E-state index contributed by atoms with van der Waals surface area (Å²) in [5.41, 5.74) is 3.55. The SMILES string of the molecule is C=C(/C=C(C)\C(=C/C)c1cc2cnc(NC(=O)C3CC3F)cc2nc1C(=O)N(C)C)C(O)CC. The molecule has 0 radical (unpaired) electrons. The smallest absolute Gasteiger partial charge is 0.272 e. The van der Waals surface area contributed by atoms with Crippen LogP contribution in [0.3, 0.4) is 0 Å². The number of alkyl halides is 1. The van der Waals surface area contributed by atoms with Gasteiger partial charge in [-0.1, -0.05) is 25.7 Å². The molecule has 1 aliphatic rings. The Labute approximate surface area is 199 Å². The van der Waals surface area contributed by atoms with Gasteiger partial charge in [0.1, 0.15) is 17.7 Å². The maximum Gasteiger partial charge on any atom is 0.272 e. The molecule has 0 saturated heterocycles. The van der Waals surface area contributed by atoms with E-state index in [1.807, 2.05) is 39.0 Å². The lowest BCUT2D eigenvalue weighted by Crippen LogP contribution is -2.24. The van der Waals surface area contributed by atoms with Crippen LogP contribution in [0.4, 0.5) is 10.2 Å². The summed E-state index contributed by atoms with van der Waals surface area (Å²) < 4.78 is 13.2. The fourth-order valence-electron chi connectivity index (χ4n) is 3.68. The van der Waals surface area contributed by atoms with Crippen LogP contribution in [0.25, 0.3) is 16.5 Å². The number of rotatable bonds is 8. The Morgan fingerprint density at radius 1 is 1.38 bits per heavy atom. The van der Waals surface area contributed by atoms with Gasteiger partial charge in [-0.05, 0) is 49.5 Å². The molecule has 2 amide bonds. The van der Waals surface area contributed by atoms with E-state index in [2.05, 4.69) is 21.9 Å². The molecule has 3 unspecified atom stereocenters. The molecule has 1 fully saturated rings. The van der Waals surface area contributed by atoms with Crippen molar-refractivity contribution in [2.24, 2.45) is 5.92 Å². The van der Waals surface area contributed by atoms with Gasteiger partial charge in [0.05, 0.1) is 17.5 Å². The highest BCUT2D eigenvalue weighted by Crippen LogP contribution is 2.35. The number of fused-ring (bicyclic) bond motifs is 1. The van der Waals surface area contributed by atoms with Crippen LogP contribution in [0.1, 0.15) is 49.7 Å². The third-order valence-electron chi connectivity index (χ3n) is 5.83. The van der Waals surface area contributed by atoms with E-state index in [0.717, 1.165) is 11.1 Å².